The zero-order valence-electron chi connectivity index (χ0n) is 15.7. The van der Waals surface area contributed by atoms with E-state index >= 15 is 0 Å². The van der Waals surface area contributed by atoms with Gasteiger partial charge in [0.15, 0.2) is 0 Å². The Morgan fingerprint density at radius 2 is 1.56 bits per heavy atom. The first-order valence-electron chi connectivity index (χ1n) is 9.38. The topological polar surface area (TPSA) is 32.8 Å². The molecule has 0 aliphatic rings. The Bertz CT molecular complexity index is 529. The smallest absolute Gasteiger partial charge is 0.361 e. The van der Waals surface area contributed by atoms with E-state index in [4.69, 9.17) is 4.74 Å². The maximum absolute atomic E-state index is 12.8. The summed E-state index contributed by atoms with van der Waals surface area (Å²) in [5.74, 6) is 0. The molecule has 0 aliphatic heterocycles. The predicted molar refractivity (Wildman–Crippen MR) is 105 cm³/mol. The first-order chi connectivity index (χ1) is 12.9. The number of ether oxygens (including phenoxy) is 1. The Morgan fingerprint density at radius 3 is 2.11 bits per heavy atom. The molecule has 0 saturated carbocycles. The van der Waals surface area contributed by atoms with Crippen molar-refractivity contribution in [2.24, 2.45) is 0 Å². The molecule has 0 bridgehead atoms. The number of hydrogen-bond donors (Lipinski definition) is 1. The largest absolute Gasteiger partial charge is 0.498 e. The minimum atomic E-state index is -4.87. The van der Waals surface area contributed by atoms with Crippen molar-refractivity contribution in [1.29, 1.82) is 0 Å². The minimum Gasteiger partial charge on any atom is -0.361 e. The summed E-state index contributed by atoms with van der Waals surface area (Å²) in [5, 5.41) is 0. The second-order valence-corrected chi connectivity index (χ2v) is 6.74. The normalized spacial score (nSPS) is 11.4. The Morgan fingerprint density at radius 1 is 1.00 bits per heavy atom. The number of amides is 2. The first-order valence-corrected chi connectivity index (χ1v) is 9.78. The number of alkyl halides is 3. The van der Waals surface area contributed by atoms with Crippen LogP contribution in [0.15, 0.2) is 30.3 Å². The Balaban J connectivity index is 2.42. The molecule has 27 heavy (non-hydrogen) atoms. The molecule has 1 aromatic rings. The van der Waals surface area contributed by atoms with Crippen molar-refractivity contribution >= 4 is 24.5 Å². The molecule has 0 aromatic heterocycles. The highest BCUT2D eigenvalue weighted by Crippen LogP contribution is 2.26. The lowest BCUT2D eigenvalue weighted by Gasteiger charge is -2.28. The third-order valence-electron chi connectivity index (χ3n) is 4.08. The maximum atomic E-state index is 12.8. The monoisotopic (exact) mass is 406 g/mol. The molecule has 0 fully saturated rings. The van der Waals surface area contributed by atoms with E-state index in [9.17, 15) is 18.0 Å². The van der Waals surface area contributed by atoms with Gasteiger partial charge in [-0.1, -0.05) is 82.9 Å². The van der Waals surface area contributed by atoms with Crippen molar-refractivity contribution in [2.45, 2.75) is 64.6 Å². The lowest BCUT2D eigenvalue weighted by Crippen LogP contribution is -2.46. The number of urea groups is 1. The van der Waals surface area contributed by atoms with E-state index in [2.05, 4.69) is 19.7 Å². The molecular formula is C19H29F3N2O2S. The summed E-state index contributed by atoms with van der Waals surface area (Å²) in [7, 11) is 0. The van der Waals surface area contributed by atoms with Gasteiger partial charge < -0.3 is 4.74 Å². The fourth-order valence-corrected chi connectivity index (χ4v) is 2.67. The minimum absolute atomic E-state index is 0.257. The number of hydrogen-bond acceptors (Lipinski definition) is 3. The molecule has 0 saturated heterocycles. The average molecular weight is 407 g/mol. The number of carbonyl (C=O) groups is 1. The summed E-state index contributed by atoms with van der Waals surface area (Å²) in [4.78, 5) is 13.1. The SMILES string of the molecule is CCCCCCCCCCOCN(C(=O)N(S)C(F)(F)F)c1ccccc1. The van der Waals surface area contributed by atoms with Gasteiger partial charge in [-0.05, 0) is 18.6 Å². The van der Waals surface area contributed by atoms with Crippen LogP contribution in [0.3, 0.4) is 0 Å². The van der Waals surface area contributed by atoms with E-state index in [1.54, 1.807) is 30.3 Å². The number of benzene rings is 1. The van der Waals surface area contributed by atoms with Crippen LogP contribution in [0.4, 0.5) is 23.7 Å². The summed E-state index contributed by atoms with van der Waals surface area (Å²) in [5.41, 5.74) is 0.321. The van der Waals surface area contributed by atoms with Gasteiger partial charge in [-0.3, -0.25) is 4.90 Å². The first kappa shape index (κ1) is 23.6. The van der Waals surface area contributed by atoms with Crippen LogP contribution >= 0.6 is 12.8 Å². The van der Waals surface area contributed by atoms with Crippen LogP contribution in [0.5, 0.6) is 0 Å². The van der Waals surface area contributed by atoms with E-state index in [0.29, 0.717) is 12.3 Å². The summed E-state index contributed by atoms with van der Waals surface area (Å²) in [6, 6.07) is 6.81. The highest BCUT2D eigenvalue weighted by atomic mass is 32.1. The van der Waals surface area contributed by atoms with E-state index in [1.807, 2.05) is 0 Å². The molecule has 0 N–H and O–H groups in total. The van der Waals surface area contributed by atoms with Crippen molar-refractivity contribution in [3.05, 3.63) is 30.3 Å². The zero-order chi connectivity index (χ0) is 20.1. The number of carbonyl (C=O) groups excluding carboxylic acids is 1. The van der Waals surface area contributed by atoms with Crippen LogP contribution in [-0.4, -0.2) is 30.0 Å². The summed E-state index contributed by atoms with van der Waals surface area (Å²) >= 11 is 3.28. The molecule has 0 heterocycles. The number of rotatable bonds is 12. The standard InChI is InChI=1S/C19H29F3N2O2S/c1-2-3-4-5-6-7-8-12-15-26-16-23(17-13-10-9-11-14-17)18(25)24(27)19(20,21)22/h9-11,13-14,27H,2-8,12,15-16H2,1H3. The average Bonchev–Trinajstić information content (AvgIpc) is 2.65. The Hall–Kier alpha value is -1.41. The van der Waals surface area contributed by atoms with Gasteiger partial charge in [-0.2, -0.15) is 4.31 Å². The molecular weight excluding hydrogens is 377 g/mol. The zero-order valence-corrected chi connectivity index (χ0v) is 16.6. The summed E-state index contributed by atoms with van der Waals surface area (Å²) in [6.07, 6.45) is 4.25. The van der Waals surface area contributed by atoms with Gasteiger partial charge >= 0.3 is 12.3 Å². The fraction of sp³-hybridized carbons (Fsp3) is 0.632. The highest BCUT2D eigenvalue weighted by Gasteiger charge is 2.41. The fourth-order valence-electron chi connectivity index (χ4n) is 2.56. The quantitative estimate of drug-likeness (QED) is 0.189. The molecule has 154 valence electrons. The second-order valence-electron chi connectivity index (χ2n) is 6.34. The third-order valence-corrected chi connectivity index (χ3v) is 4.48. The molecule has 0 radical (unpaired) electrons. The molecule has 0 atom stereocenters. The molecule has 0 unspecified atom stereocenters. The van der Waals surface area contributed by atoms with Gasteiger partial charge in [-0.25, -0.2) is 4.79 Å². The molecule has 1 rings (SSSR count). The molecule has 8 heteroatoms. The van der Waals surface area contributed by atoms with E-state index in [1.165, 1.54) is 32.1 Å². The van der Waals surface area contributed by atoms with E-state index in [-0.39, 0.29) is 6.73 Å². The predicted octanol–water partition coefficient (Wildman–Crippen LogP) is 6.39. The van der Waals surface area contributed by atoms with Crippen molar-refractivity contribution in [3.63, 3.8) is 0 Å². The lowest BCUT2D eigenvalue weighted by atomic mass is 10.1. The molecule has 1 aromatic carbocycles. The van der Waals surface area contributed by atoms with Gasteiger partial charge in [0.2, 0.25) is 0 Å². The van der Waals surface area contributed by atoms with Crippen LogP contribution in [0.1, 0.15) is 58.3 Å². The second kappa shape index (κ2) is 12.9. The number of nitrogens with zero attached hydrogens (tertiary/aromatic N) is 2. The van der Waals surface area contributed by atoms with Gasteiger partial charge in [0.05, 0.1) is 0 Å². The number of para-hydroxylation sites is 1. The van der Waals surface area contributed by atoms with Gasteiger partial charge in [0, 0.05) is 12.3 Å². The Labute approximate surface area is 165 Å². The van der Waals surface area contributed by atoms with E-state index in [0.717, 1.165) is 24.2 Å². The number of thiol groups is 1. The number of halogens is 3. The van der Waals surface area contributed by atoms with Crippen molar-refractivity contribution in [3.8, 4) is 0 Å². The van der Waals surface area contributed by atoms with Gasteiger partial charge in [0.25, 0.3) is 0 Å². The third kappa shape index (κ3) is 9.37. The molecule has 0 aliphatic carbocycles. The van der Waals surface area contributed by atoms with Crippen LogP contribution in [0.25, 0.3) is 0 Å². The lowest BCUT2D eigenvalue weighted by molar-refractivity contribution is -0.188. The van der Waals surface area contributed by atoms with E-state index < -0.39 is 16.6 Å². The molecule has 4 nitrogen and oxygen atoms in total. The Kier molecular flexibility index (Phi) is 11.3. The van der Waals surface area contributed by atoms with Crippen LogP contribution in [-0.2, 0) is 4.74 Å². The van der Waals surface area contributed by atoms with Crippen LogP contribution in [0.2, 0.25) is 0 Å². The maximum Gasteiger partial charge on any atom is 0.498 e. The van der Waals surface area contributed by atoms with Crippen molar-refractivity contribution < 1.29 is 22.7 Å². The van der Waals surface area contributed by atoms with Gasteiger partial charge in [-0.15, -0.1) is 13.2 Å². The molecule has 0 spiro atoms. The van der Waals surface area contributed by atoms with Crippen LogP contribution in [0, 0.1) is 0 Å². The summed E-state index contributed by atoms with van der Waals surface area (Å²) < 4.78 is 43.2. The van der Waals surface area contributed by atoms with Gasteiger partial charge in [0.1, 0.15) is 6.73 Å². The van der Waals surface area contributed by atoms with Crippen molar-refractivity contribution in [1.82, 2.24) is 4.31 Å². The number of anilines is 1. The number of unbranched alkanes of at least 4 members (excludes halogenated alkanes) is 7. The van der Waals surface area contributed by atoms with Crippen molar-refractivity contribution in [2.75, 3.05) is 18.2 Å². The van der Waals surface area contributed by atoms with Crippen LogP contribution < -0.4 is 4.90 Å². The summed E-state index contributed by atoms with van der Waals surface area (Å²) in [6.45, 7) is 2.32. The highest BCUT2D eigenvalue weighted by molar-refractivity contribution is 7.78. The molecule has 2 amide bonds.